The molecule has 2 heterocycles. The third kappa shape index (κ3) is 3.91. The van der Waals surface area contributed by atoms with Gasteiger partial charge in [0.15, 0.2) is 5.13 Å². The zero-order chi connectivity index (χ0) is 17.8. The van der Waals surface area contributed by atoms with Crippen molar-refractivity contribution < 1.29 is 9.21 Å². The van der Waals surface area contributed by atoms with E-state index in [2.05, 4.69) is 10.3 Å². The first kappa shape index (κ1) is 17.2. The number of benzene rings is 1. The highest BCUT2D eigenvalue weighted by Gasteiger charge is 2.14. The van der Waals surface area contributed by atoms with Crippen LogP contribution in [0.3, 0.4) is 0 Å². The molecule has 0 unspecified atom stereocenters. The smallest absolute Gasteiger partial charge is 0.268 e. The summed E-state index contributed by atoms with van der Waals surface area (Å²) >= 11 is 13.4. The van der Waals surface area contributed by atoms with Gasteiger partial charge >= 0.3 is 0 Å². The van der Waals surface area contributed by atoms with Gasteiger partial charge in [0.1, 0.15) is 23.2 Å². The van der Waals surface area contributed by atoms with Gasteiger partial charge in [-0.3, -0.25) is 10.1 Å². The largest absolute Gasteiger partial charge is 0.457 e. The summed E-state index contributed by atoms with van der Waals surface area (Å²) in [5.74, 6) is 0.268. The van der Waals surface area contributed by atoms with Crippen molar-refractivity contribution in [3.63, 3.8) is 0 Å². The van der Waals surface area contributed by atoms with E-state index in [9.17, 15) is 10.1 Å². The molecule has 0 aliphatic carbocycles. The Morgan fingerprint density at radius 1 is 1.32 bits per heavy atom. The molecule has 1 aromatic carbocycles. The van der Waals surface area contributed by atoms with Crippen LogP contribution in [0.2, 0.25) is 10.0 Å². The summed E-state index contributed by atoms with van der Waals surface area (Å²) in [6.45, 7) is 0. The Hall–Kier alpha value is -2.59. The molecule has 25 heavy (non-hydrogen) atoms. The van der Waals surface area contributed by atoms with Crippen molar-refractivity contribution in [1.29, 1.82) is 5.26 Å². The van der Waals surface area contributed by atoms with E-state index in [4.69, 9.17) is 27.6 Å². The SMILES string of the molecule is N#C/C(=C\c1ccc(-c2cccc(Cl)c2Cl)o1)C(=O)Nc1nccs1. The van der Waals surface area contributed by atoms with Gasteiger partial charge in [-0.05, 0) is 24.3 Å². The number of rotatable bonds is 4. The predicted molar refractivity (Wildman–Crippen MR) is 98.5 cm³/mol. The zero-order valence-corrected chi connectivity index (χ0v) is 14.8. The highest BCUT2D eigenvalue weighted by molar-refractivity contribution is 7.13. The Morgan fingerprint density at radius 2 is 2.16 bits per heavy atom. The minimum atomic E-state index is -0.559. The van der Waals surface area contributed by atoms with E-state index in [1.807, 2.05) is 6.07 Å². The molecule has 0 radical (unpaired) electrons. The maximum atomic E-state index is 12.1. The molecular weight excluding hydrogens is 381 g/mol. The van der Waals surface area contributed by atoms with Crippen LogP contribution in [0.1, 0.15) is 5.76 Å². The Kier molecular flexibility index (Phi) is 5.19. The summed E-state index contributed by atoms with van der Waals surface area (Å²) in [5.41, 5.74) is 0.521. The predicted octanol–water partition coefficient (Wildman–Crippen LogP) is 5.26. The number of hydrogen-bond donors (Lipinski definition) is 1. The van der Waals surface area contributed by atoms with Crippen molar-refractivity contribution >= 4 is 51.7 Å². The van der Waals surface area contributed by atoms with Crippen LogP contribution in [0.15, 0.2) is 51.9 Å². The Balaban J connectivity index is 1.85. The average Bonchev–Trinajstić information content (AvgIpc) is 3.27. The highest BCUT2D eigenvalue weighted by Crippen LogP contribution is 2.34. The summed E-state index contributed by atoms with van der Waals surface area (Å²) in [6, 6.07) is 10.4. The van der Waals surface area contributed by atoms with E-state index in [0.29, 0.717) is 32.3 Å². The first-order valence-electron chi connectivity index (χ1n) is 6.95. The van der Waals surface area contributed by atoms with Gasteiger partial charge in [-0.1, -0.05) is 29.3 Å². The molecule has 0 aliphatic rings. The minimum absolute atomic E-state index is 0.103. The fraction of sp³-hybridized carbons (Fsp3) is 0. The van der Waals surface area contributed by atoms with Crippen molar-refractivity contribution in [3.05, 3.63) is 63.3 Å². The maximum Gasteiger partial charge on any atom is 0.268 e. The number of nitriles is 1. The van der Waals surface area contributed by atoms with Crippen molar-refractivity contribution in [3.8, 4) is 17.4 Å². The lowest BCUT2D eigenvalue weighted by atomic mass is 10.2. The molecule has 3 aromatic rings. The van der Waals surface area contributed by atoms with Gasteiger partial charge in [0, 0.05) is 23.2 Å². The Bertz CT molecular complexity index is 988. The second-order valence-electron chi connectivity index (χ2n) is 4.76. The molecule has 0 saturated heterocycles. The lowest BCUT2D eigenvalue weighted by Gasteiger charge is -2.02. The van der Waals surface area contributed by atoms with Gasteiger partial charge in [-0.15, -0.1) is 11.3 Å². The van der Waals surface area contributed by atoms with Gasteiger partial charge in [0.05, 0.1) is 10.0 Å². The van der Waals surface area contributed by atoms with Crippen molar-refractivity contribution in [2.45, 2.75) is 0 Å². The highest BCUT2D eigenvalue weighted by atomic mass is 35.5. The number of carbonyl (C=O) groups excluding carboxylic acids is 1. The van der Waals surface area contributed by atoms with Gasteiger partial charge in [0.25, 0.3) is 5.91 Å². The number of amides is 1. The fourth-order valence-electron chi connectivity index (χ4n) is 2.01. The zero-order valence-electron chi connectivity index (χ0n) is 12.5. The van der Waals surface area contributed by atoms with Crippen molar-refractivity contribution in [2.24, 2.45) is 0 Å². The minimum Gasteiger partial charge on any atom is -0.457 e. The summed E-state index contributed by atoms with van der Waals surface area (Å²) < 4.78 is 5.66. The van der Waals surface area contributed by atoms with Crippen LogP contribution in [0.4, 0.5) is 5.13 Å². The van der Waals surface area contributed by atoms with E-state index in [-0.39, 0.29) is 5.57 Å². The van der Waals surface area contributed by atoms with Crippen molar-refractivity contribution in [1.82, 2.24) is 4.98 Å². The molecule has 1 amide bonds. The third-order valence-electron chi connectivity index (χ3n) is 3.15. The average molecular weight is 390 g/mol. The molecule has 0 fully saturated rings. The number of aromatic nitrogens is 1. The lowest BCUT2D eigenvalue weighted by Crippen LogP contribution is -2.13. The molecule has 3 rings (SSSR count). The molecule has 8 heteroatoms. The Morgan fingerprint density at radius 3 is 2.88 bits per heavy atom. The normalized spacial score (nSPS) is 11.2. The molecule has 0 bridgehead atoms. The molecule has 0 atom stereocenters. The topological polar surface area (TPSA) is 78.9 Å². The Labute approximate surface area is 157 Å². The lowest BCUT2D eigenvalue weighted by molar-refractivity contribution is -0.112. The van der Waals surface area contributed by atoms with Gasteiger partial charge < -0.3 is 4.42 Å². The number of furan rings is 1. The van der Waals surface area contributed by atoms with Crippen LogP contribution in [0, 0.1) is 11.3 Å². The van der Waals surface area contributed by atoms with Crippen LogP contribution in [0.25, 0.3) is 17.4 Å². The van der Waals surface area contributed by atoms with Crippen molar-refractivity contribution in [2.75, 3.05) is 5.32 Å². The van der Waals surface area contributed by atoms with Crippen LogP contribution in [-0.2, 0) is 4.79 Å². The number of carbonyl (C=O) groups is 1. The molecule has 0 saturated carbocycles. The van der Waals surface area contributed by atoms with E-state index in [1.165, 1.54) is 17.4 Å². The maximum absolute atomic E-state index is 12.1. The standard InChI is InChI=1S/C17H9Cl2N3O2S/c18-13-3-1-2-12(15(13)19)14-5-4-11(24-14)8-10(9-20)16(23)22-17-21-6-7-25-17/h1-8H,(H,21,22,23)/b10-8+. The number of nitrogens with zero attached hydrogens (tertiary/aromatic N) is 2. The summed E-state index contributed by atoms with van der Waals surface area (Å²) in [7, 11) is 0. The molecule has 5 nitrogen and oxygen atoms in total. The van der Waals surface area contributed by atoms with E-state index in [1.54, 1.807) is 41.9 Å². The van der Waals surface area contributed by atoms with Gasteiger partial charge in [-0.2, -0.15) is 5.26 Å². The number of halogens is 2. The van der Waals surface area contributed by atoms with E-state index < -0.39 is 5.91 Å². The molecule has 2 aromatic heterocycles. The first-order valence-corrected chi connectivity index (χ1v) is 8.59. The fourth-order valence-corrected chi connectivity index (χ4v) is 2.93. The van der Waals surface area contributed by atoms with Crippen LogP contribution in [-0.4, -0.2) is 10.9 Å². The molecular formula is C17H9Cl2N3O2S. The van der Waals surface area contributed by atoms with Gasteiger partial charge in [0.2, 0.25) is 0 Å². The monoisotopic (exact) mass is 389 g/mol. The van der Waals surface area contributed by atoms with Gasteiger partial charge in [-0.25, -0.2) is 4.98 Å². The second kappa shape index (κ2) is 7.53. The third-order valence-corrected chi connectivity index (χ3v) is 4.66. The molecule has 0 aliphatic heterocycles. The molecule has 1 N–H and O–H groups in total. The van der Waals surface area contributed by atoms with E-state index >= 15 is 0 Å². The molecule has 124 valence electrons. The van der Waals surface area contributed by atoms with E-state index in [0.717, 1.165) is 0 Å². The number of anilines is 1. The second-order valence-corrected chi connectivity index (χ2v) is 6.44. The number of nitrogens with one attached hydrogen (secondary N) is 1. The van der Waals surface area contributed by atoms with Crippen LogP contribution < -0.4 is 5.32 Å². The summed E-state index contributed by atoms with van der Waals surface area (Å²) in [6.07, 6.45) is 2.91. The quantitative estimate of drug-likeness (QED) is 0.487. The number of thiazole rings is 1. The summed E-state index contributed by atoms with van der Waals surface area (Å²) in [5, 5.41) is 14.7. The first-order chi connectivity index (χ1) is 12.1. The van der Waals surface area contributed by atoms with Crippen LogP contribution >= 0.6 is 34.5 Å². The summed E-state index contributed by atoms with van der Waals surface area (Å²) in [4.78, 5) is 16.0. The number of hydrogen-bond acceptors (Lipinski definition) is 5. The van der Waals surface area contributed by atoms with Crippen LogP contribution in [0.5, 0.6) is 0 Å². The molecule has 0 spiro atoms.